The standard InChI is InChI=1S/C19H31NO2/c1-3-4-5-6-12-20-13-8-10-17(20)15-19(21)16-9-7-11-18(14-16)22-2/h7,9,11,14,17,19,21H,3-6,8,10,12-13,15H2,1-2H3. The fraction of sp³-hybridized carbons (Fsp3) is 0.684. The van der Waals surface area contributed by atoms with Gasteiger partial charge in [-0.2, -0.15) is 0 Å². The van der Waals surface area contributed by atoms with Crippen molar-refractivity contribution >= 4 is 0 Å². The van der Waals surface area contributed by atoms with E-state index in [9.17, 15) is 5.11 Å². The minimum Gasteiger partial charge on any atom is -0.497 e. The molecule has 3 heteroatoms. The zero-order valence-electron chi connectivity index (χ0n) is 14.1. The van der Waals surface area contributed by atoms with E-state index in [1.54, 1.807) is 7.11 Å². The van der Waals surface area contributed by atoms with Gasteiger partial charge in [0.1, 0.15) is 5.75 Å². The summed E-state index contributed by atoms with van der Waals surface area (Å²) in [5, 5.41) is 10.5. The van der Waals surface area contributed by atoms with Gasteiger partial charge in [-0.05, 0) is 56.5 Å². The van der Waals surface area contributed by atoms with E-state index >= 15 is 0 Å². The van der Waals surface area contributed by atoms with Gasteiger partial charge in [0.25, 0.3) is 0 Å². The third kappa shape index (κ3) is 4.99. The molecule has 2 unspecified atom stereocenters. The molecule has 0 amide bonds. The van der Waals surface area contributed by atoms with Crippen LogP contribution >= 0.6 is 0 Å². The molecule has 2 rings (SSSR count). The van der Waals surface area contributed by atoms with Gasteiger partial charge in [0, 0.05) is 6.04 Å². The molecule has 22 heavy (non-hydrogen) atoms. The van der Waals surface area contributed by atoms with Crippen molar-refractivity contribution < 1.29 is 9.84 Å². The fourth-order valence-corrected chi connectivity index (χ4v) is 3.44. The Morgan fingerprint density at radius 1 is 1.32 bits per heavy atom. The first-order chi connectivity index (χ1) is 10.7. The van der Waals surface area contributed by atoms with Gasteiger partial charge in [0.05, 0.1) is 13.2 Å². The number of likely N-dealkylation sites (tertiary alicyclic amines) is 1. The number of ether oxygens (including phenoxy) is 1. The number of methoxy groups -OCH3 is 1. The molecule has 0 bridgehead atoms. The summed E-state index contributed by atoms with van der Waals surface area (Å²) in [5.74, 6) is 0.819. The van der Waals surface area contributed by atoms with E-state index in [0.717, 1.165) is 17.7 Å². The second kappa shape index (κ2) is 9.16. The number of benzene rings is 1. The Hall–Kier alpha value is -1.06. The highest BCUT2D eigenvalue weighted by molar-refractivity contribution is 5.29. The van der Waals surface area contributed by atoms with Crippen LogP contribution in [0, 0.1) is 0 Å². The van der Waals surface area contributed by atoms with Crippen LogP contribution in [0.2, 0.25) is 0 Å². The van der Waals surface area contributed by atoms with Crippen LogP contribution in [-0.4, -0.2) is 36.2 Å². The lowest BCUT2D eigenvalue weighted by Crippen LogP contribution is -2.31. The van der Waals surface area contributed by atoms with Gasteiger partial charge in [-0.25, -0.2) is 0 Å². The van der Waals surface area contributed by atoms with Gasteiger partial charge < -0.3 is 14.7 Å². The van der Waals surface area contributed by atoms with Crippen molar-refractivity contribution in [2.45, 2.75) is 64.0 Å². The van der Waals surface area contributed by atoms with Crippen LogP contribution in [0.5, 0.6) is 5.75 Å². The lowest BCUT2D eigenvalue weighted by atomic mass is 10.00. The van der Waals surface area contributed by atoms with Gasteiger partial charge in [-0.3, -0.25) is 0 Å². The summed E-state index contributed by atoms with van der Waals surface area (Å²) in [6, 6.07) is 8.35. The van der Waals surface area contributed by atoms with Crippen molar-refractivity contribution in [1.82, 2.24) is 4.90 Å². The average molecular weight is 305 g/mol. The topological polar surface area (TPSA) is 32.7 Å². The maximum Gasteiger partial charge on any atom is 0.119 e. The zero-order chi connectivity index (χ0) is 15.8. The molecule has 1 aromatic carbocycles. The van der Waals surface area contributed by atoms with Crippen LogP contribution in [0.15, 0.2) is 24.3 Å². The minimum absolute atomic E-state index is 0.392. The molecule has 0 spiro atoms. The van der Waals surface area contributed by atoms with Gasteiger partial charge >= 0.3 is 0 Å². The number of aliphatic hydroxyl groups is 1. The molecule has 1 aliphatic rings. The maximum atomic E-state index is 10.5. The molecule has 1 N–H and O–H groups in total. The van der Waals surface area contributed by atoms with E-state index in [2.05, 4.69) is 11.8 Å². The van der Waals surface area contributed by atoms with E-state index < -0.39 is 6.10 Å². The van der Waals surface area contributed by atoms with Gasteiger partial charge in [-0.15, -0.1) is 0 Å². The van der Waals surface area contributed by atoms with Crippen molar-refractivity contribution in [1.29, 1.82) is 0 Å². The third-order valence-electron chi connectivity index (χ3n) is 4.77. The molecule has 124 valence electrons. The van der Waals surface area contributed by atoms with Crippen molar-refractivity contribution in [3.05, 3.63) is 29.8 Å². The highest BCUT2D eigenvalue weighted by Gasteiger charge is 2.26. The largest absolute Gasteiger partial charge is 0.497 e. The van der Waals surface area contributed by atoms with E-state index in [4.69, 9.17) is 4.74 Å². The molecule has 0 radical (unpaired) electrons. The van der Waals surface area contributed by atoms with Crippen LogP contribution in [-0.2, 0) is 0 Å². The molecule has 0 aromatic heterocycles. The number of hydrogen-bond donors (Lipinski definition) is 1. The van der Waals surface area contributed by atoms with Gasteiger partial charge in [0.2, 0.25) is 0 Å². The Kier molecular flexibility index (Phi) is 7.20. The van der Waals surface area contributed by atoms with Crippen LogP contribution in [0.25, 0.3) is 0 Å². The summed E-state index contributed by atoms with van der Waals surface area (Å²) in [5.41, 5.74) is 0.970. The lowest BCUT2D eigenvalue weighted by Gasteiger charge is -2.26. The monoisotopic (exact) mass is 305 g/mol. The Bertz CT molecular complexity index is 435. The van der Waals surface area contributed by atoms with Crippen LogP contribution in [0.3, 0.4) is 0 Å². The number of nitrogens with zero attached hydrogens (tertiary/aromatic N) is 1. The SMILES string of the molecule is CCCCCCN1CCCC1CC(O)c1cccc(OC)c1. The predicted octanol–water partition coefficient (Wildman–Crippen LogP) is 4.16. The van der Waals surface area contributed by atoms with Crippen molar-refractivity contribution in [3.63, 3.8) is 0 Å². The van der Waals surface area contributed by atoms with Crippen LogP contribution < -0.4 is 4.74 Å². The van der Waals surface area contributed by atoms with E-state index in [1.807, 2.05) is 24.3 Å². The summed E-state index contributed by atoms with van der Waals surface area (Å²) < 4.78 is 5.25. The number of aliphatic hydroxyl groups excluding tert-OH is 1. The molecule has 1 fully saturated rings. The van der Waals surface area contributed by atoms with E-state index in [-0.39, 0.29) is 0 Å². The number of unbranched alkanes of at least 4 members (excludes halogenated alkanes) is 3. The Morgan fingerprint density at radius 2 is 2.18 bits per heavy atom. The molecular weight excluding hydrogens is 274 g/mol. The third-order valence-corrected chi connectivity index (χ3v) is 4.77. The molecule has 1 heterocycles. The van der Waals surface area contributed by atoms with Crippen molar-refractivity contribution in [3.8, 4) is 5.75 Å². The summed E-state index contributed by atoms with van der Waals surface area (Å²) in [6.45, 7) is 4.64. The van der Waals surface area contributed by atoms with Crippen molar-refractivity contribution in [2.75, 3.05) is 20.2 Å². The quantitative estimate of drug-likeness (QED) is 0.695. The van der Waals surface area contributed by atoms with Crippen LogP contribution in [0.4, 0.5) is 0 Å². The highest BCUT2D eigenvalue weighted by atomic mass is 16.5. The Balaban J connectivity index is 1.85. The number of hydrogen-bond acceptors (Lipinski definition) is 3. The normalized spacial score (nSPS) is 20.2. The molecule has 0 aliphatic carbocycles. The molecule has 0 saturated carbocycles. The Labute approximate surface area is 135 Å². The summed E-state index contributed by atoms with van der Waals surface area (Å²) in [4.78, 5) is 2.58. The van der Waals surface area contributed by atoms with Crippen LogP contribution in [0.1, 0.15) is 63.5 Å². The maximum absolute atomic E-state index is 10.5. The van der Waals surface area contributed by atoms with Crippen molar-refractivity contribution in [2.24, 2.45) is 0 Å². The molecule has 1 aliphatic heterocycles. The number of rotatable bonds is 9. The summed E-state index contributed by atoms with van der Waals surface area (Å²) in [6.07, 6.45) is 8.18. The molecule has 1 saturated heterocycles. The highest BCUT2D eigenvalue weighted by Crippen LogP contribution is 2.29. The Morgan fingerprint density at radius 3 is 2.95 bits per heavy atom. The fourth-order valence-electron chi connectivity index (χ4n) is 3.44. The second-order valence-electron chi connectivity index (χ2n) is 6.42. The first-order valence-electron chi connectivity index (χ1n) is 8.80. The molecule has 3 nitrogen and oxygen atoms in total. The average Bonchev–Trinajstić information content (AvgIpc) is 2.98. The minimum atomic E-state index is -0.392. The predicted molar refractivity (Wildman–Crippen MR) is 91.3 cm³/mol. The van der Waals surface area contributed by atoms with E-state index in [1.165, 1.54) is 51.6 Å². The first kappa shape index (κ1) is 17.3. The molecular formula is C19H31NO2. The van der Waals surface area contributed by atoms with Gasteiger partial charge in [-0.1, -0.05) is 38.3 Å². The zero-order valence-corrected chi connectivity index (χ0v) is 14.1. The van der Waals surface area contributed by atoms with Gasteiger partial charge in [0.15, 0.2) is 0 Å². The summed E-state index contributed by atoms with van der Waals surface area (Å²) in [7, 11) is 1.67. The second-order valence-corrected chi connectivity index (χ2v) is 6.42. The molecule has 1 aromatic rings. The summed E-state index contributed by atoms with van der Waals surface area (Å²) >= 11 is 0. The smallest absolute Gasteiger partial charge is 0.119 e. The molecule has 2 atom stereocenters. The lowest BCUT2D eigenvalue weighted by molar-refractivity contribution is 0.119. The van der Waals surface area contributed by atoms with E-state index in [0.29, 0.717) is 6.04 Å². The first-order valence-corrected chi connectivity index (χ1v) is 8.80.